The average Bonchev–Trinajstić information content (AvgIpc) is 2.60. The van der Waals surface area contributed by atoms with Crippen LogP contribution in [0.25, 0.3) is 0 Å². The molecule has 0 atom stereocenters. The molecule has 2 N–H and O–H groups in total. The van der Waals surface area contributed by atoms with Crippen molar-refractivity contribution in [2.75, 3.05) is 0 Å². The zero-order valence-corrected chi connectivity index (χ0v) is 8.25. The van der Waals surface area contributed by atoms with Gasteiger partial charge in [-0.25, -0.2) is 0 Å². The molecule has 1 fully saturated rings. The Morgan fingerprint density at radius 2 is 2.43 bits per heavy atom. The van der Waals surface area contributed by atoms with Gasteiger partial charge in [0.15, 0.2) is 0 Å². The maximum absolute atomic E-state index is 11.4. The molecule has 1 amide bonds. The van der Waals surface area contributed by atoms with E-state index in [0.29, 0.717) is 18.9 Å². The first-order chi connectivity index (χ1) is 6.84. The van der Waals surface area contributed by atoms with Gasteiger partial charge in [-0.2, -0.15) is 0 Å². The maximum Gasteiger partial charge on any atom is 0.220 e. The molecule has 14 heavy (non-hydrogen) atoms. The molecule has 1 heterocycles. The topological polar surface area (TPSA) is 44.9 Å². The van der Waals surface area contributed by atoms with Crippen LogP contribution in [0, 0.1) is 5.92 Å². The molecule has 3 nitrogen and oxygen atoms in total. The Kier molecular flexibility index (Phi) is 2.87. The van der Waals surface area contributed by atoms with Gasteiger partial charge in [0.05, 0.1) is 0 Å². The van der Waals surface area contributed by atoms with Crippen LogP contribution in [0.4, 0.5) is 0 Å². The van der Waals surface area contributed by atoms with Gasteiger partial charge in [0, 0.05) is 25.4 Å². The van der Waals surface area contributed by atoms with Crippen molar-refractivity contribution in [3.63, 3.8) is 0 Å². The van der Waals surface area contributed by atoms with E-state index in [2.05, 4.69) is 10.3 Å². The van der Waals surface area contributed by atoms with E-state index < -0.39 is 0 Å². The minimum Gasteiger partial charge on any atom is -0.367 e. The Bertz CT molecular complexity index is 288. The molecule has 0 aliphatic heterocycles. The van der Waals surface area contributed by atoms with Gasteiger partial charge in [-0.1, -0.05) is 6.42 Å². The summed E-state index contributed by atoms with van der Waals surface area (Å²) in [5.41, 5.74) is 1.13. The van der Waals surface area contributed by atoms with Crippen molar-refractivity contribution in [3.8, 4) is 0 Å². The molecule has 1 aromatic heterocycles. The smallest absolute Gasteiger partial charge is 0.220 e. The second-order valence-electron chi connectivity index (χ2n) is 4.00. The van der Waals surface area contributed by atoms with Crippen molar-refractivity contribution in [1.82, 2.24) is 10.3 Å². The number of aromatic amines is 1. The highest BCUT2D eigenvalue weighted by Gasteiger charge is 2.20. The van der Waals surface area contributed by atoms with E-state index in [1.54, 1.807) is 0 Å². The summed E-state index contributed by atoms with van der Waals surface area (Å²) in [5.74, 6) is 0.845. The van der Waals surface area contributed by atoms with Crippen LogP contribution in [-0.4, -0.2) is 10.9 Å². The lowest BCUT2D eigenvalue weighted by molar-refractivity contribution is -0.122. The number of H-pyrrole nitrogens is 1. The number of hydrogen-bond acceptors (Lipinski definition) is 1. The minimum absolute atomic E-state index is 0.191. The summed E-state index contributed by atoms with van der Waals surface area (Å²) in [4.78, 5) is 14.4. The third kappa shape index (κ3) is 2.37. The molecular formula is C11H16N2O. The van der Waals surface area contributed by atoms with Crippen LogP contribution < -0.4 is 5.32 Å². The van der Waals surface area contributed by atoms with Crippen molar-refractivity contribution < 1.29 is 4.79 Å². The lowest BCUT2D eigenvalue weighted by atomic mass is 9.83. The van der Waals surface area contributed by atoms with Gasteiger partial charge in [-0.05, 0) is 30.4 Å². The fourth-order valence-corrected chi connectivity index (χ4v) is 1.70. The quantitative estimate of drug-likeness (QED) is 0.751. The fraction of sp³-hybridized carbons (Fsp3) is 0.545. The zero-order chi connectivity index (χ0) is 9.80. The summed E-state index contributed by atoms with van der Waals surface area (Å²) in [5, 5.41) is 2.93. The molecular weight excluding hydrogens is 176 g/mol. The van der Waals surface area contributed by atoms with E-state index in [1.807, 2.05) is 18.5 Å². The van der Waals surface area contributed by atoms with E-state index in [9.17, 15) is 4.79 Å². The number of carbonyl (C=O) groups excluding carboxylic acids is 1. The van der Waals surface area contributed by atoms with Crippen molar-refractivity contribution in [3.05, 3.63) is 24.0 Å². The number of nitrogens with one attached hydrogen (secondary N) is 2. The van der Waals surface area contributed by atoms with Crippen LogP contribution >= 0.6 is 0 Å². The summed E-state index contributed by atoms with van der Waals surface area (Å²) in [6.45, 7) is 0.648. The lowest BCUT2D eigenvalue weighted by Gasteiger charge is -2.24. The van der Waals surface area contributed by atoms with Crippen molar-refractivity contribution in [2.45, 2.75) is 32.2 Å². The van der Waals surface area contributed by atoms with Crippen LogP contribution in [0.3, 0.4) is 0 Å². The predicted octanol–water partition coefficient (Wildman–Crippen LogP) is 1.82. The van der Waals surface area contributed by atoms with E-state index in [4.69, 9.17) is 0 Å². The molecule has 1 aromatic rings. The van der Waals surface area contributed by atoms with Crippen LogP contribution in [0.5, 0.6) is 0 Å². The van der Waals surface area contributed by atoms with Crippen molar-refractivity contribution in [1.29, 1.82) is 0 Å². The van der Waals surface area contributed by atoms with Crippen molar-refractivity contribution in [2.24, 2.45) is 5.92 Å². The molecule has 2 rings (SSSR count). The van der Waals surface area contributed by atoms with Gasteiger partial charge in [0.2, 0.25) is 5.91 Å². The normalized spacial score (nSPS) is 16.3. The fourth-order valence-electron chi connectivity index (χ4n) is 1.70. The Morgan fingerprint density at radius 3 is 3.00 bits per heavy atom. The molecule has 3 heteroatoms. The van der Waals surface area contributed by atoms with Crippen LogP contribution in [0.1, 0.15) is 31.2 Å². The predicted molar refractivity (Wildman–Crippen MR) is 54.6 cm³/mol. The molecule has 0 unspecified atom stereocenters. The lowest BCUT2D eigenvalue weighted by Crippen LogP contribution is -2.27. The Morgan fingerprint density at radius 1 is 1.57 bits per heavy atom. The SMILES string of the molecule is O=C(CC1CCC1)NCc1cc[nH]c1. The molecule has 76 valence electrons. The van der Waals surface area contributed by atoms with Gasteiger partial charge in [0.25, 0.3) is 0 Å². The standard InChI is InChI=1S/C11H16N2O/c14-11(6-9-2-1-3-9)13-8-10-4-5-12-7-10/h4-5,7,9,12H,1-3,6,8H2,(H,13,14). The van der Waals surface area contributed by atoms with Gasteiger partial charge >= 0.3 is 0 Å². The van der Waals surface area contributed by atoms with Crippen molar-refractivity contribution >= 4 is 5.91 Å². The Labute approximate surface area is 83.9 Å². The molecule has 0 radical (unpaired) electrons. The van der Waals surface area contributed by atoms with E-state index in [1.165, 1.54) is 19.3 Å². The highest BCUT2D eigenvalue weighted by Crippen LogP contribution is 2.29. The highest BCUT2D eigenvalue weighted by molar-refractivity contribution is 5.76. The number of rotatable bonds is 4. The minimum atomic E-state index is 0.191. The zero-order valence-electron chi connectivity index (χ0n) is 8.25. The van der Waals surface area contributed by atoms with E-state index in [-0.39, 0.29) is 5.91 Å². The van der Waals surface area contributed by atoms with E-state index in [0.717, 1.165) is 5.56 Å². The van der Waals surface area contributed by atoms with Gasteiger partial charge in [-0.15, -0.1) is 0 Å². The van der Waals surface area contributed by atoms with Gasteiger partial charge in [-0.3, -0.25) is 4.79 Å². The van der Waals surface area contributed by atoms with E-state index >= 15 is 0 Å². The summed E-state index contributed by atoms with van der Waals surface area (Å²) < 4.78 is 0. The number of hydrogen-bond donors (Lipinski definition) is 2. The summed E-state index contributed by atoms with van der Waals surface area (Å²) in [6, 6.07) is 1.98. The van der Waals surface area contributed by atoms with Crippen LogP contribution in [0.15, 0.2) is 18.5 Å². The maximum atomic E-state index is 11.4. The third-order valence-electron chi connectivity index (χ3n) is 2.85. The molecule has 1 aliphatic rings. The van der Waals surface area contributed by atoms with Gasteiger partial charge < -0.3 is 10.3 Å². The summed E-state index contributed by atoms with van der Waals surface area (Å²) in [7, 11) is 0. The van der Waals surface area contributed by atoms with Crippen LogP contribution in [0.2, 0.25) is 0 Å². The highest BCUT2D eigenvalue weighted by atomic mass is 16.1. The third-order valence-corrected chi connectivity index (χ3v) is 2.85. The van der Waals surface area contributed by atoms with Gasteiger partial charge in [0.1, 0.15) is 0 Å². The first kappa shape index (κ1) is 9.31. The molecule has 0 bridgehead atoms. The summed E-state index contributed by atoms with van der Waals surface area (Å²) >= 11 is 0. The molecule has 0 saturated heterocycles. The average molecular weight is 192 g/mol. The first-order valence-corrected chi connectivity index (χ1v) is 5.23. The number of amides is 1. The molecule has 0 spiro atoms. The molecule has 1 saturated carbocycles. The summed E-state index contributed by atoms with van der Waals surface area (Å²) in [6.07, 6.45) is 8.26. The first-order valence-electron chi connectivity index (χ1n) is 5.23. The molecule has 1 aliphatic carbocycles. The molecule has 0 aromatic carbocycles. The number of carbonyl (C=O) groups is 1. The Balaban J connectivity index is 1.67. The monoisotopic (exact) mass is 192 g/mol. The Hall–Kier alpha value is -1.25. The second-order valence-corrected chi connectivity index (χ2v) is 4.00. The largest absolute Gasteiger partial charge is 0.367 e. The number of aromatic nitrogens is 1. The second kappa shape index (κ2) is 4.31. The van der Waals surface area contributed by atoms with Crippen LogP contribution in [-0.2, 0) is 11.3 Å².